The molecule has 1 aromatic carbocycles. The fourth-order valence-electron chi connectivity index (χ4n) is 2.43. The third-order valence-corrected chi connectivity index (χ3v) is 3.89. The molecule has 1 aromatic rings. The lowest BCUT2D eigenvalue weighted by Gasteiger charge is -2.26. The molecule has 0 spiro atoms. The molecule has 0 heterocycles. The average Bonchev–Trinajstić information content (AvgIpc) is 2.34. The third-order valence-electron chi connectivity index (χ3n) is 3.47. The lowest BCUT2D eigenvalue weighted by molar-refractivity contribution is 0.363. The second-order valence-electron chi connectivity index (χ2n) is 5.21. The summed E-state index contributed by atoms with van der Waals surface area (Å²) in [7, 11) is 0. The molecule has 1 N–H and O–H groups in total. The summed E-state index contributed by atoms with van der Waals surface area (Å²) in [4.78, 5) is 0. The quantitative estimate of drug-likeness (QED) is 0.723. The molecular weight excluding hydrogens is 242 g/mol. The Bertz CT molecular complexity index is 362. The molecule has 1 rings (SSSR count). The Kier molecular flexibility index (Phi) is 6.73. The first kappa shape index (κ1) is 15.5. The summed E-state index contributed by atoms with van der Waals surface area (Å²) in [5.41, 5.74) is 2.53. The normalized spacial score (nSPS) is 14.5. The second kappa shape index (κ2) is 7.81. The highest BCUT2D eigenvalue weighted by Gasteiger charge is 2.18. The van der Waals surface area contributed by atoms with E-state index in [1.54, 1.807) is 0 Å². The topological polar surface area (TPSA) is 12.0 Å². The first-order valence-corrected chi connectivity index (χ1v) is 7.47. The molecule has 0 aromatic heterocycles. The number of hydrogen-bond acceptors (Lipinski definition) is 1. The minimum absolute atomic E-state index is 0.445. The Morgan fingerprint density at radius 2 is 1.94 bits per heavy atom. The van der Waals surface area contributed by atoms with Crippen molar-refractivity contribution in [2.24, 2.45) is 5.92 Å². The van der Waals surface area contributed by atoms with Gasteiger partial charge in [0, 0.05) is 11.1 Å². The molecule has 0 bridgehead atoms. The van der Waals surface area contributed by atoms with Gasteiger partial charge in [-0.1, -0.05) is 50.9 Å². The van der Waals surface area contributed by atoms with Crippen LogP contribution in [0.4, 0.5) is 0 Å². The Hall–Kier alpha value is -0.530. The van der Waals surface area contributed by atoms with E-state index in [1.165, 1.54) is 30.4 Å². The fraction of sp³-hybridized carbons (Fsp3) is 0.625. The summed E-state index contributed by atoms with van der Waals surface area (Å²) in [6, 6.07) is 6.85. The standard InChI is InChI=1S/C16H26ClN/c1-5-7-12(3)16(18-10-6-2)14-8-9-15(17)13(4)11-14/h8-9,11-12,16,18H,5-7,10H2,1-4H3. The summed E-state index contributed by atoms with van der Waals surface area (Å²) in [5.74, 6) is 0.655. The molecule has 102 valence electrons. The Labute approximate surface area is 117 Å². The van der Waals surface area contributed by atoms with Gasteiger partial charge in [0.2, 0.25) is 0 Å². The molecule has 18 heavy (non-hydrogen) atoms. The molecule has 0 amide bonds. The highest BCUT2D eigenvalue weighted by atomic mass is 35.5. The average molecular weight is 268 g/mol. The monoisotopic (exact) mass is 267 g/mol. The molecule has 0 fully saturated rings. The zero-order valence-electron chi connectivity index (χ0n) is 12.1. The summed E-state index contributed by atoms with van der Waals surface area (Å²) in [6.07, 6.45) is 3.66. The second-order valence-corrected chi connectivity index (χ2v) is 5.61. The van der Waals surface area contributed by atoms with Crippen molar-refractivity contribution in [3.8, 4) is 0 Å². The third kappa shape index (κ3) is 4.29. The van der Waals surface area contributed by atoms with Gasteiger partial charge in [-0.2, -0.15) is 0 Å². The smallest absolute Gasteiger partial charge is 0.0435 e. The van der Waals surface area contributed by atoms with E-state index in [9.17, 15) is 0 Å². The van der Waals surface area contributed by atoms with Crippen molar-refractivity contribution in [3.63, 3.8) is 0 Å². The minimum Gasteiger partial charge on any atom is -0.310 e. The van der Waals surface area contributed by atoms with Crippen LogP contribution in [0.1, 0.15) is 57.2 Å². The van der Waals surface area contributed by atoms with Crippen LogP contribution < -0.4 is 5.32 Å². The molecule has 0 aliphatic heterocycles. The predicted octanol–water partition coefficient (Wildman–Crippen LogP) is 5.13. The Morgan fingerprint density at radius 3 is 2.50 bits per heavy atom. The van der Waals surface area contributed by atoms with E-state index in [4.69, 9.17) is 11.6 Å². The van der Waals surface area contributed by atoms with Crippen LogP contribution in [0.5, 0.6) is 0 Å². The highest BCUT2D eigenvalue weighted by Crippen LogP contribution is 2.28. The maximum absolute atomic E-state index is 6.11. The van der Waals surface area contributed by atoms with Gasteiger partial charge in [-0.05, 0) is 49.4 Å². The van der Waals surface area contributed by atoms with E-state index in [1.807, 2.05) is 6.07 Å². The van der Waals surface area contributed by atoms with Crippen molar-refractivity contribution in [1.29, 1.82) is 0 Å². The molecule has 0 saturated heterocycles. The molecule has 0 radical (unpaired) electrons. The van der Waals surface area contributed by atoms with E-state index in [2.05, 4.69) is 45.1 Å². The summed E-state index contributed by atoms with van der Waals surface area (Å²) in [5, 5.41) is 4.53. The summed E-state index contributed by atoms with van der Waals surface area (Å²) < 4.78 is 0. The number of halogens is 1. The lowest BCUT2D eigenvalue weighted by atomic mass is 9.90. The van der Waals surface area contributed by atoms with Crippen LogP contribution in [0.3, 0.4) is 0 Å². The lowest BCUT2D eigenvalue weighted by Crippen LogP contribution is -2.27. The molecular formula is C16H26ClN. The molecule has 0 saturated carbocycles. The van der Waals surface area contributed by atoms with Crippen LogP contribution in [-0.2, 0) is 0 Å². The number of hydrogen-bond donors (Lipinski definition) is 1. The van der Waals surface area contributed by atoms with E-state index < -0.39 is 0 Å². The van der Waals surface area contributed by atoms with Gasteiger partial charge in [0.05, 0.1) is 0 Å². The fourth-order valence-corrected chi connectivity index (χ4v) is 2.55. The maximum Gasteiger partial charge on any atom is 0.0435 e. The van der Waals surface area contributed by atoms with Crippen LogP contribution >= 0.6 is 11.6 Å². The van der Waals surface area contributed by atoms with Crippen molar-refractivity contribution in [1.82, 2.24) is 5.32 Å². The minimum atomic E-state index is 0.445. The van der Waals surface area contributed by atoms with E-state index in [-0.39, 0.29) is 0 Å². The number of benzene rings is 1. The van der Waals surface area contributed by atoms with Crippen LogP contribution in [0, 0.1) is 12.8 Å². The van der Waals surface area contributed by atoms with E-state index >= 15 is 0 Å². The van der Waals surface area contributed by atoms with Gasteiger partial charge >= 0.3 is 0 Å². The van der Waals surface area contributed by atoms with Crippen molar-refractivity contribution < 1.29 is 0 Å². The van der Waals surface area contributed by atoms with Gasteiger partial charge in [0.1, 0.15) is 0 Å². The molecule has 0 aliphatic rings. The van der Waals surface area contributed by atoms with Gasteiger partial charge in [-0.25, -0.2) is 0 Å². The SMILES string of the molecule is CCCNC(c1ccc(Cl)c(C)c1)C(C)CCC. The van der Waals surface area contributed by atoms with Crippen molar-refractivity contribution in [3.05, 3.63) is 34.3 Å². The van der Waals surface area contributed by atoms with E-state index in [0.717, 1.165) is 11.6 Å². The van der Waals surface area contributed by atoms with Crippen LogP contribution in [0.2, 0.25) is 5.02 Å². The molecule has 0 aliphatic carbocycles. The Balaban J connectivity index is 2.89. The zero-order chi connectivity index (χ0) is 13.5. The van der Waals surface area contributed by atoms with Gasteiger partial charge in [-0.3, -0.25) is 0 Å². The first-order chi connectivity index (χ1) is 8.60. The Morgan fingerprint density at radius 1 is 1.22 bits per heavy atom. The molecule has 2 unspecified atom stereocenters. The first-order valence-electron chi connectivity index (χ1n) is 7.09. The van der Waals surface area contributed by atoms with Gasteiger partial charge in [-0.15, -0.1) is 0 Å². The highest BCUT2D eigenvalue weighted by molar-refractivity contribution is 6.31. The van der Waals surface area contributed by atoms with Crippen LogP contribution in [-0.4, -0.2) is 6.54 Å². The summed E-state index contributed by atoms with van der Waals surface area (Å²) >= 11 is 6.11. The van der Waals surface area contributed by atoms with Gasteiger partial charge < -0.3 is 5.32 Å². The predicted molar refractivity (Wildman–Crippen MR) is 81.3 cm³/mol. The number of aryl methyl sites for hydroxylation is 1. The van der Waals surface area contributed by atoms with Gasteiger partial charge in [0.15, 0.2) is 0 Å². The molecule has 2 atom stereocenters. The maximum atomic E-state index is 6.11. The zero-order valence-corrected chi connectivity index (χ0v) is 12.8. The number of rotatable bonds is 7. The van der Waals surface area contributed by atoms with Crippen molar-refractivity contribution >= 4 is 11.6 Å². The van der Waals surface area contributed by atoms with Gasteiger partial charge in [0.25, 0.3) is 0 Å². The van der Waals surface area contributed by atoms with Crippen LogP contribution in [0.15, 0.2) is 18.2 Å². The summed E-state index contributed by atoms with van der Waals surface area (Å²) in [6.45, 7) is 9.94. The largest absolute Gasteiger partial charge is 0.310 e. The molecule has 2 heteroatoms. The number of nitrogens with one attached hydrogen (secondary N) is 1. The van der Waals surface area contributed by atoms with Crippen LogP contribution in [0.25, 0.3) is 0 Å². The van der Waals surface area contributed by atoms with Crippen molar-refractivity contribution in [2.75, 3.05) is 6.54 Å². The van der Waals surface area contributed by atoms with Crippen molar-refractivity contribution in [2.45, 2.75) is 53.0 Å². The molecule has 1 nitrogen and oxygen atoms in total. The van der Waals surface area contributed by atoms with E-state index in [0.29, 0.717) is 12.0 Å².